The smallest absolute Gasteiger partial charge is 0.226 e. The topological polar surface area (TPSA) is 88.2 Å². The van der Waals surface area contributed by atoms with Crippen LogP contribution >= 0.6 is 11.3 Å². The third-order valence-electron chi connectivity index (χ3n) is 3.06. The van der Waals surface area contributed by atoms with Gasteiger partial charge < -0.3 is 16.2 Å². The first kappa shape index (κ1) is 12.3. The van der Waals surface area contributed by atoms with E-state index in [0.29, 0.717) is 17.4 Å². The number of carbonyl (C=O) groups excluding carboxylic acids is 1. The predicted octanol–water partition coefficient (Wildman–Crippen LogP) is 0.689. The van der Waals surface area contributed by atoms with Crippen molar-refractivity contribution in [2.45, 2.75) is 37.7 Å². The number of amides is 1. The molecule has 0 aliphatic heterocycles. The zero-order valence-corrected chi connectivity index (χ0v) is 10.4. The van der Waals surface area contributed by atoms with Gasteiger partial charge in [-0.05, 0) is 12.8 Å². The van der Waals surface area contributed by atoms with Gasteiger partial charge in [0.2, 0.25) is 5.91 Å². The van der Waals surface area contributed by atoms with E-state index in [1.54, 1.807) is 5.38 Å². The summed E-state index contributed by atoms with van der Waals surface area (Å²) >= 11 is 1.33. The Kier molecular flexibility index (Phi) is 3.63. The molecule has 6 heteroatoms. The van der Waals surface area contributed by atoms with Crippen molar-refractivity contribution < 1.29 is 9.90 Å². The molecule has 2 rings (SSSR count). The van der Waals surface area contributed by atoms with Gasteiger partial charge in [-0.2, -0.15) is 0 Å². The molecular formula is C11H17N3O2S. The summed E-state index contributed by atoms with van der Waals surface area (Å²) < 4.78 is 0. The highest BCUT2D eigenvalue weighted by Gasteiger charge is 2.31. The highest BCUT2D eigenvalue weighted by atomic mass is 32.1. The van der Waals surface area contributed by atoms with E-state index in [1.807, 2.05) is 0 Å². The van der Waals surface area contributed by atoms with E-state index in [-0.39, 0.29) is 12.3 Å². The average Bonchev–Trinajstić information content (AvgIpc) is 2.86. The van der Waals surface area contributed by atoms with E-state index in [1.165, 1.54) is 11.3 Å². The normalized spacial score (nSPS) is 18.2. The van der Waals surface area contributed by atoms with Crippen molar-refractivity contribution in [3.8, 4) is 0 Å². The molecule has 1 saturated carbocycles. The van der Waals surface area contributed by atoms with Crippen molar-refractivity contribution >= 4 is 22.4 Å². The standard InChI is InChI=1S/C11H17N3O2S/c12-10-14-8(6-17-10)5-9(15)13-7-11(16)3-1-2-4-11/h6,16H,1-5,7H2,(H2,12,14)(H,13,15). The summed E-state index contributed by atoms with van der Waals surface area (Å²) in [5.41, 5.74) is 5.47. The molecule has 1 aromatic rings. The molecule has 0 bridgehead atoms. The van der Waals surface area contributed by atoms with Gasteiger partial charge in [-0.3, -0.25) is 4.79 Å². The summed E-state index contributed by atoms with van der Waals surface area (Å²) in [6.45, 7) is 0.339. The van der Waals surface area contributed by atoms with Crippen molar-refractivity contribution in [1.82, 2.24) is 10.3 Å². The highest BCUT2D eigenvalue weighted by Crippen LogP contribution is 2.28. The molecule has 17 heavy (non-hydrogen) atoms. The molecule has 0 spiro atoms. The summed E-state index contributed by atoms with van der Waals surface area (Å²) in [5, 5.41) is 15.1. The van der Waals surface area contributed by atoms with Gasteiger partial charge in [0.15, 0.2) is 5.13 Å². The molecule has 1 heterocycles. The first-order valence-corrected chi connectivity index (χ1v) is 6.64. The number of nitrogens with two attached hydrogens (primary N) is 1. The van der Waals surface area contributed by atoms with Gasteiger partial charge in [0, 0.05) is 11.9 Å². The van der Waals surface area contributed by atoms with Crippen LogP contribution in [0.3, 0.4) is 0 Å². The van der Waals surface area contributed by atoms with Crippen molar-refractivity contribution in [2.24, 2.45) is 0 Å². The second-order valence-electron chi connectivity index (χ2n) is 4.56. The molecule has 1 fully saturated rings. The molecule has 0 radical (unpaired) electrons. The van der Waals surface area contributed by atoms with Gasteiger partial charge in [0.1, 0.15) is 0 Å². The Morgan fingerprint density at radius 2 is 2.29 bits per heavy atom. The first-order valence-electron chi connectivity index (χ1n) is 5.76. The summed E-state index contributed by atoms with van der Waals surface area (Å²) in [4.78, 5) is 15.6. The molecule has 0 aromatic carbocycles. The summed E-state index contributed by atoms with van der Waals surface area (Å²) in [7, 11) is 0. The average molecular weight is 255 g/mol. The van der Waals surface area contributed by atoms with E-state index in [9.17, 15) is 9.90 Å². The van der Waals surface area contributed by atoms with E-state index in [2.05, 4.69) is 10.3 Å². The lowest BCUT2D eigenvalue weighted by Gasteiger charge is -2.22. The number of anilines is 1. The Hall–Kier alpha value is -1.14. The van der Waals surface area contributed by atoms with Gasteiger partial charge >= 0.3 is 0 Å². The Labute approximate surface area is 104 Å². The van der Waals surface area contributed by atoms with Crippen LogP contribution in [0.4, 0.5) is 5.13 Å². The molecule has 4 N–H and O–H groups in total. The van der Waals surface area contributed by atoms with Crippen LogP contribution in [-0.4, -0.2) is 28.1 Å². The van der Waals surface area contributed by atoms with Crippen LogP contribution in [0.2, 0.25) is 0 Å². The Balaban J connectivity index is 1.77. The second-order valence-corrected chi connectivity index (χ2v) is 5.45. The molecule has 1 amide bonds. The molecule has 0 unspecified atom stereocenters. The minimum Gasteiger partial charge on any atom is -0.388 e. The lowest BCUT2D eigenvalue weighted by molar-refractivity contribution is -0.121. The fraction of sp³-hybridized carbons (Fsp3) is 0.636. The zero-order chi connectivity index (χ0) is 12.3. The van der Waals surface area contributed by atoms with Gasteiger partial charge in [0.05, 0.1) is 17.7 Å². The minimum atomic E-state index is -0.698. The summed E-state index contributed by atoms with van der Waals surface area (Å²) in [6, 6.07) is 0. The van der Waals surface area contributed by atoms with Crippen LogP contribution in [0.5, 0.6) is 0 Å². The number of aliphatic hydroxyl groups is 1. The van der Waals surface area contributed by atoms with Crippen molar-refractivity contribution in [1.29, 1.82) is 0 Å². The van der Waals surface area contributed by atoms with E-state index < -0.39 is 5.60 Å². The molecule has 0 atom stereocenters. The Morgan fingerprint density at radius 1 is 1.59 bits per heavy atom. The van der Waals surface area contributed by atoms with Crippen LogP contribution in [0.15, 0.2) is 5.38 Å². The summed E-state index contributed by atoms with van der Waals surface area (Å²) in [5.74, 6) is -0.115. The molecule has 1 aliphatic carbocycles. The Morgan fingerprint density at radius 3 is 2.88 bits per heavy atom. The second kappa shape index (κ2) is 5.01. The van der Waals surface area contributed by atoms with E-state index >= 15 is 0 Å². The van der Waals surface area contributed by atoms with Crippen LogP contribution in [0.1, 0.15) is 31.4 Å². The van der Waals surface area contributed by atoms with Crippen molar-refractivity contribution in [3.63, 3.8) is 0 Å². The molecular weight excluding hydrogens is 238 g/mol. The summed E-state index contributed by atoms with van der Waals surface area (Å²) in [6.07, 6.45) is 3.85. The van der Waals surface area contributed by atoms with E-state index in [4.69, 9.17) is 5.73 Å². The molecule has 1 aromatic heterocycles. The van der Waals surface area contributed by atoms with Gasteiger partial charge in [-0.15, -0.1) is 11.3 Å². The molecule has 94 valence electrons. The third kappa shape index (κ3) is 3.41. The number of nitrogens with zero attached hydrogens (tertiary/aromatic N) is 1. The van der Waals surface area contributed by atoms with Crippen LogP contribution < -0.4 is 11.1 Å². The van der Waals surface area contributed by atoms with E-state index in [0.717, 1.165) is 25.7 Å². The number of nitrogen functional groups attached to an aromatic ring is 1. The SMILES string of the molecule is Nc1nc(CC(=O)NCC2(O)CCCC2)cs1. The maximum Gasteiger partial charge on any atom is 0.226 e. The quantitative estimate of drug-likeness (QED) is 0.738. The van der Waals surface area contributed by atoms with Crippen LogP contribution in [-0.2, 0) is 11.2 Å². The number of nitrogens with one attached hydrogen (secondary N) is 1. The van der Waals surface area contributed by atoms with Gasteiger partial charge in [-0.25, -0.2) is 4.98 Å². The zero-order valence-electron chi connectivity index (χ0n) is 9.61. The number of rotatable bonds is 4. The fourth-order valence-electron chi connectivity index (χ4n) is 2.10. The fourth-order valence-corrected chi connectivity index (χ4v) is 2.67. The number of carbonyl (C=O) groups is 1. The monoisotopic (exact) mass is 255 g/mol. The minimum absolute atomic E-state index is 0.115. The molecule has 1 aliphatic rings. The van der Waals surface area contributed by atoms with Crippen LogP contribution in [0, 0.1) is 0 Å². The number of hydrogen-bond acceptors (Lipinski definition) is 5. The number of aromatic nitrogens is 1. The van der Waals surface area contributed by atoms with Gasteiger partial charge in [0.25, 0.3) is 0 Å². The van der Waals surface area contributed by atoms with Gasteiger partial charge in [-0.1, -0.05) is 12.8 Å². The number of thiazole rings is 1. The predicted molar refractivity (Wildman–Crippen MR) is 66.7 cm³/mol. The Bertz CT molecular complexity index is 399. The lowest BCUT2D eigenvalue weighted by Crippen LogP contribution is -2.41. The molecule has 0 saturated heterocycles. The maximum absolute atomic E-state index is 11.6. The van der Waals surface area contributed by atoms with Crippen molar-refractivity contribution in [3.05, 3.63) is 11.1 Å². The van der Waals surface area contributed by atoms with Crippen molar-refractivity contribution in [2.75, 3.05) is 12.3 Å². The lowest BCUT2D eigenvalue weighted by atomic mass is 10.0. The number of hydrogen-bond donors (Lipinski definition) is 3. The van der Waals surface area contributed by atoms with Crippen LogP contribution in [0.25, 0.3) is 0 Å². The maximum atomic E-state index is 11.6. The third-order valence-corrected chi connectivity index (χ3v) is 3.78. The first-order chi connectivity index (χ1) is 8.07. The largest absolute Gasteiger partial charge is 0.388 e. The highest BCUT2D eigenvalue weighted by molar-refractivity contribution is 7.13. The molecule has 5 nitrogen and oxygen atoms in total.